The number of carbonyl (C=O) groups is 1. The van der Waals surface area contributed by atoms with Crippen LogP contribution in [0.3, 0.4) is 0 Å². The monoisotopic (exact) mass is 286 g/mol. The lowest BCUT2D eigenvalue weighted by molar-refractivity contribution is -0.123. The Hall–Kier alpha value is -1.51. The molecule has 1 aromatic rings. The zero-order valence-corrected chi connectivity index (χ0v) is 12.9. The number of fused-ring (bicyclic) bond motifs is 1. The summed E-state index contributed by atoms with van der Waals surface area (Å²) in [5, 5.41) is 6.68. The van der Waals surface area contributed by atoms with E-state index in [0.29, 0.717) is 12.0 Å². The molecule has 1 heterocycles. The fourth-order valence-electron chi connectivity index (χ4n) is 3.82. The van der Waals surface area contributed by atoms with Gasteiger partial charge >= 0.3 is 0 Å². The summed E-state index contributed by atoms with van der Waals surface area (Å²) in [7, 11) is 0. The molecular weight excluding hydrogens is 260 g/mol. The molecule has 0 radical (unpaired) electrons. The topological polar surface area (TPSA) is 41.1 Å². The van der Waals surface area contributed by atoms with Gasteiger partial charge in [0.15, 0.2) is 0 Å². The van der Waals surface area contributed by atoms with Gasteiger partial charge in [-0.15, -0.1) is 0 Å². The third-order valence-corrected chi connectivity index (χ3v) is 5.13. The van der Waals surface area contributed by atoms with Crippen LogP contribution in [-0.2, 0) is 4.79 Å². The molecule has 0 spiro atoms. The molecule has 0 saturated heterocycles. The van der Waals surface area contributed by atoms with Crippen LogP contribution in [0.25, 0.3) is 0 Å². The van der Waals surface area contributed by atoms with Crippen molar-refractivity contribution in [3.63, 3.8) is 0 Å². The molecule has 1 fully saturated rings. The van der Waals surface area contributed by atoms with Gasteiger partial charge in [0.25, 0.3) is 0 Å². The molecule has 1 amide bonds. The lowest BCUT2D eigenvalue weighted by atomic mass is 9.84. The molecule has 2 atom stereocenters. The fourth-order valence-corrected chi connectivity index (χ4v) is 3.82. The van der Waals surface area contributed by atoms with Crippen LogP contribution >= 0.6 is 0 Å². The molecule has 3 nitrogen and oxygen atoms in total. The Morgan fingerprint density at radius 2 is 1.95 bits per heavy atom. The molecule has 0 bridgehead atoms. The number of hydrogen-bond donors (Lipinski definition) is 2. The highest BCUT2D eigenvalue weighted by atomic mass is 16.1. The average Bonchev–Trinajstić information content (AvgIpc) is 2.55. The fraction of sp³-hybridized carbons (Fsp3) is 0.611. The van der Waals surface area contributed by atoms with Crippen molar-refractivity contribution in [2.24, 2.45) is 5.92 Å². The van der Waals surface area contributed by atoms with Crippen molar-refractivity contribution >= 4 is 11.6 Å². The second-order valence-electron chi connectivity index (χ2n) is 6.55. The quantitative estimate of drug-likeness (QED) is 0.890. The molecular formula is C18H26N2O. The predicted octanol–water partition coefficient (Wildman–Crippen LogP) is 3.67. The Morgan fingerprint density at radius 3 is 2.76 bits per heavy atom. The number of hydrogen-bond acceptors (Lipinski definition) is 2. The van der Waals surface area contributed by atoms with Gasteiger partial charge in [0.05, 0.1) is 5.92 Å². The smallest absolute Gasteiger partial charge is 0.227 e. The third-order valence-electron chi connectivity index (χ3n) is 5.13. The van der Waals surface area contributed by atoms with Gasteiger partial charge in [-0.25, -0.2) is 0 Å². The first-order chi connectivity index (χ1) is 10.3. The number of nitrogens with one attached hydrogen (secondary N) is 2. The zero-order chi connectivity index (χ0) is 14.7. The van der Waals surface area contributed by atoms with Crippen molar-refractivity contribution in [1.29, 1.82) is 0 Å². The van der Waals surface area contributed by atoms with Crippen molar-refractivity contribution in [2.75, 3.05) is 11.9 Å². The highest BCUT2D eigenvalue weighted by molar-refractivity contribution is 5.86. The van der Waals surface area contributed by atoms with E-state index in [1.807, 2.05) is 12.1 Å². The van der Waals surface area contributed by atoms with Crippen molar-refractivity contribution in [1.82, 2.24) is 5.32 Å². The van der Waals surface area contributed by atoms with E-state index in [1.165, 1.54) is 32.1 Å². The maximum atomic E-state index is 12.7. The first-order valence-electron chi connectivity index (χ1n) is 8.39. The van der Waals surface area contributed by atoms with E-state index in [4.69, 9.17) is 0 Å². The van der Waals surface area contributed by atoms with E-state index in [9.17, 15) is 4.79 Å². The van der Waals surface area contributed by atoms with Crippen LogP contribution in [0, 0.1) is 5.92 Å². The van der Waals surface area contributed by atoms with Gasteiger partial charge in [0, 0.05) is 18.3 Å². The van der Waals surface area contributed by atoms with Crippen LogP contribution in [-0.4, -0.2) is 18.5 Å². The van der Waals surface area contributed by atoms with Gasteiger partial charge in [0.2, 0.25) is 5.91 Å². The molecule has 1 saturated carbocycles. The highest BCUT2D eigenvalue weighted by Gasteiger charge is 2.29. The maximum absolute atomic E-state index is 12.7. The summed E-state index contributed by atoms with van der Waals surface area (Å²) in [4.78, 5) is 12.7. The number of rotatable bonds is 3. The van der Waals surface area contributed by atoms with Crippen molar-refractivity contribution in [3.8, 4) is 0 Å². The van der Waals surface area contributed by atoms with Crippen molar-refractivity contribution in [2.45, 2.75) is 57.4 Å². The van der Waals surface area contributed by atoms with E-state index >= 15 is 0 Å². The molecule has 114 valence electrons. The molecule has 1 aromatic carbocycles. The molecule has 1 aliphatic carbocycles. The second kappa shape index (κ2) is 6.50. The normalized spacial score (nSPS) is 23.8. The van der Waals surface area contributed by atoms with E-state index in [0.717, 1.165) is 24.2 Å². The molecule has 2 unspecified atom stereocenters. The minimum absolute atomic E-state index is 0.00786. The first-order valence-corrected chi connectivity index (χ1v) is 8.39. The minimum atomic E-state index is 0.00786. The Balaban J connectivity index is 1.66. The Kier molecular flexibility index (Phi) is 4.47. The van der Waals surface area contributed by atoms with Gasteiger partial charge in [-0.05, 0) is 43.7 Å². The SMILES string of the molecule is CC(NC(=O)C1CCNc2ccccc21)C1CCCCC1. The van der Waals surface area contributed by atoms with Gasteiger partial charge in [-0.2, -0.15) is 0 Å². The first kappa shape index (κ1) is 14.4. The highest BCUT2D eigenvalue weighted by Crippen LogP contribution is 2.32. The number of anilines is 1. The van der Waals surface area contributed by atoms with Crippen LogP contribution in [0.5, 0.6) is 0 Å². The van der Waals surface area contributed by atoms with E-state index in [2.05, 4.69) is 29.7 Å². The summed E-state index contributed by atoms with van der Waals surface area (Å²) in [6.07, 6.45) is 7.43. The number of para-hydroxylation sites is 1. The number of amides is 1. The van der Waals surface area contributed by atoms with Crippen LogP contribution in [0.15, 0.2) is 24.3 Å². The van der Waals surface area contributed by atoms with Crippen molar-refractivity contribution in [3.05, 3.63) is 29.8 Å². The van der Waals surface area contributed by atoms with Gasteiger partial charge in [-0.3, -0.25) is 4.79 Å². The van der Waals surface area contributed by atoms with E-state index in [-0.39, 0.29) is 11.8 Å². The lowest BCUT2D eigenvalue weighted by Gasteiger charge is -2.31. The Bertz CT molecular complexity index is 494. The molecule has 3 heteroatoms. The zero-order valence-electron chi connectivity index (χ0n) is 12.9. The molecule has 1 aliphatic heterocycles. The maximum Gasteiger partial charge on any atom is 0.227 e. The van der Waals surface area contributed by atoms with E-state index < -0.39 is 0 Å². The second-order valence-corrected chi connectivity index (χ2v) is 6.55. The van der Waals surface area contributed by atoms with Gasteiger partial charge < -0.3 is 10.6 Å². The summed E-state index contributed by atoms with van der Waals surface area (Å²) in [6, 6.07) is 8.50. The third kappa shape index (κ3) is 3.22. The number of carbonyl (C=O) groups excluding carboxylic acids is 1. The Labute approximate surface area is 127 Å². The van der Waals surface area contributed by atoms with E-state index in [1.54, 1.807) is 0 Å². The summed E-state index contributed by atoms with van der Waals surface area (Å²) in [5.74, 6) is 0.884. The standard InChI is InChI=1S/C18H26N2O/c1-13(14-7-3-2-4-8-14)20-18(21)16-11-12-19-17-10-6-5-9-15(16)17/h5-6,9-10,13-14,16,19H,2-4,7-8,11-12H2,1H3,(H,20,21). The van der Waals surface area contributed by atoms with Crippen molar-refractivity contribution < 1.29 is 4.79 Å². The Morgan fingerprint density at radius 1 is 1.19 bits per heavy atom. The lowest BCUT2D eigenvalue weighted by Crippen LogP contribution is -2.42. The minimum Gasteiger partial charge on any atom is -0.385 e. The molecule has 2 N–H and O–H groups in total. The summed E-state index contributed by atoms with van der Waals surface area (Å²) < 4.78 is 0. The van der Waals surface area contributed by atoms with Crippen LogP contribution in [0.1, 0.15) is 56.9 Å². The van der Waals surface area contributed by atoms with Crippen LogP contribution in [0.4, 0.5) is 5.69 Å². The molecule has 3 rings (SSSR count). The molecule has 2 aliphatic rings. The molecule has 0 aromatic heterocycles. The molecule has 21 heavy (non-hydrogen) atoms. The average molecular weight is 286 g/mol. The summed E-state index contributed by atoms with van der Waals surface area (Å²) in [5.41, 5.74) is 2.27. The summed E-state index contributed by atoms with van der Waals surface area (Å²) >= 11 is 0. The summed E-state index contributed by atoms with van der Waals surface area (Å²) in [6.45, 7) is 3.06. The van der Waals surface area contributed by atoms with Crippen LogP contribution < -0.4 is 10.6 Å². The van der Waals surface area contributed by atoms with Gasteiger partial charge in [-0.1, -0.05) is 37.5 Å². The van der Waals surface area contributed by atoms with Gasteiger partial charge in [0.1, 0.15) is 0 Å². The van der Waals surface area contributed by atoms with Crippen LogP contribution in [0.2, 0.25) is 0 Å². The largest absolute Gasteiger partial charge is 0.385 e. The predicted molar refractivity (Wildman–Crippen MR) is 86.5 cm³/mol. The number of benzene rings is 1.